The molecule has 0 fully saturated rings. The van der Waals surface area contributed by atoms with Crippen LogP contribution in [0, 0.1) is 0 Å². The molecule has 1 amide bonds. The van der Waals surface area contributed by atoms with Crippen LogP contribution in [0.3, 0.4) is 0 Å². The lowest BCUT2D eigenvalue weighted by Crippen LogP contribution is -2.22. The van der Waals surface area contributed by atoms with Crippen molar-refractivity contribution < 1.29 is 4.79 Å². The van der Waals surface area contributed by atoms with Gasteiger partial charge in [0, 0.05) is 18.6 Å². The second kappa shape index (κ2) is 5.50. The van der Waals surface area contributed by atoms with Crippen LogP contribution in [0.4, 0.5) is 0 Å². The average molecular weight is 250 g/mol. The average Bonchev–Trinajstić information content (AvgIpc) is 2.90. The summed E-state index contributed by atoms with van der Waals surface area (Å²) in [5, 5.41) is 9.13. The number of aromatic nitrogens is 2. The SMILES string of the molecule is O=C(NCc1cccc(CCl)c1)c1cn[nH]c1. The molecular weight excluding hydrogens is 238 g/mol. The number of rotatable bonds is 4. The lowest BCUT2D eigenvalue weighted by molar-refractivity contribution is 0.0951. The van der Waals surface area contributed by atoms with Crippen molar-refractivity contribution in [3.63, 3.8) is 0 Å². The highest BCUT2D eigenvalue weighted by molar-refractivity contribution is 6.17. The maximum Gasteiger partial charge on any atom is 0.254 e. The molecule has 0 saturated heterocycles. The molecule has 0 bridgehead atoms. The summed E-state index contributed by atoms with van der Waals surface area (Å²) in [6, 6.07) is 7.81. The Kier molecular flexibility index (Phi) is 3.77. The van der Waals surface area contributed by atoms with Crippen LogP contribution < -0.4 is 5.32 Å². The fourth-order valence-electron chi connectivity index (χ4n) is 1.48. The van der Waals surface area contributed by atoms with Crippen LogP contribution in [0.15, 0.2) is 36.7 Å². The van der Waals surface area contributed by atoms with E-state index in [4.69, 9.17) is 11.6 Å². The van der Waals surface area contributed by atoms with Gasteiger partial charge in [0.15, 0.2) is 0 Å². The molecular formula is C12H12ClN3O. The van der Waals surface area contributed by atoms with Crippen molar-refractivity contribution in [2.45, 2.75) is 12.4 Å². The molecule has 0 spiro atoms. The Balaban J connectivity index is 1.95. The maximum atomic E-state index is 11.6. The first kappa shape index (κ1) is 11.7. The zero-order valence-electron chi connectivity index (χ0n) is 9.11. The van der Waals surface area contributed by atoms with E-state index in [1.54, 1.807) is 6.20 Å². The smallest absolute Gasteiger partial charge is 0.254 e. The monoisotopic (exact) mass is 249 g/mol. The largest absolute Gasteiger partial charge is 0.348 e. The molecule has 88 valence electrons. The number of H-pyrrole nitrogens is 1. The molecule has 1 aromatic heterocycles. The minimum absolute atomic E-state index is 0.143. The fourth-order valence-corrected chi connectivity index (χ4v) is 1.65. The zero-order chi connectivity index (χ0) is 12.1. The molecule has 1 heterocycles. The van der Waals surface area contributed by atoms with Gasteiger partial charge in [-0.05, 0) is 11.1 Å². The van der Waals surface area contributed by atoms with E-state index in [9.17, 15) is 4.79 Å². The Bertz CT molecular complexity index is 496. The minimum atomic E-state index is -0.143. The van der Waals surface area contributed by atoms with Gasteiger partial charge in [-0.15, -0.1) is 11.6 Å². The summed E-state index contributed by atoms with van der Waals surface area (Å²) in [5.41, 5.74) is 2.60. The number of benzene rings is 1. The number of nitrogens with zero attached hydrogens (tertiary/aromatic N) is 1. The van der Waals surface area contributed by atoms with Gasteiger partial charge in [-0.1, -0.05) is 24.3 Å². The summed E-state index contributed by atoms with van der Waals surface area (Å²) >= 11 is 5.74. The van der Waals surface area contributed by atoms with E-state index >= 15 is 0 Å². The van der Waals surface area contributed by atoms with E-state index in [2.05, 4.69) is 15.5 Å². The first-order valence-corrected chi connectivity index (χ1v) is 5.74. The number of carbonyl (C=O) groups is 1. The van der Waals surface area contributed by atoms with Gasteiger partial charge in [0.2, 0.25) is 0 Å². The molecule has 2 rings (SSSR count). The molecule has 5 heteroatoms. The Morgan fingerprint density at radius 3 is 2.94 bits per heavy atom. The lowest BCUT2D eigenvalue weighted by Gasteiger charge is -2.05. The Labute approximate surface area is 104 Å². The Hall–Kier alpha value is -1.81. The van der Waals surface area contributed by atoms with E-state index in [1.807, 2.05) is 24.3 Å². The summed E-state index contributed by atoms with van der Waals surface area (Å²) < 4.78 is 0. The van der Waals surface area contributed by atoms with E-state index in [0.717, 1.165) is 11.1 Å². The van der Waals surface area contributed by atoms with E-state index in [-0.39, 0.29) is 5.91 Å². The van der Waals surface area contributed by atoms with Gasteiger partial charge in [-0.3, -0.25) is 9.89 Å². The normalized spacial score (nSPS) is 10.2. The summed E-state index contributed by atoms with van der Waals surface area (Å²) in [5.74, 6) is 0.332. The van der Waals surface area contributed by atoms with E-state index in [1.165, 1.54) is 6.20 Å². The second-order valence-electron chi connectivity index (χ2n) is 3.62. The summed E-state index contributed by atoms with van der Waals surface area (Å²) in [7, 11) is 0. The van der Waals surface area contributed by atoms with Crippen LogP contribution in [0.25, 0.3) is 0 Å². The first-order chi connectivity index (χ1) is 8.29. The number of halogens is 1. The quantitative estimate of drug-likeness (QED) is 0.815. The topological polar surface area (TPSA) is 57.8 Å². The third kappa shape index (κ3) is 3.07. The molecule has 0 atom stereocenters. The van der Waals surface area contributed by atoms with Gasteiger partial charge in [0.05, 0.1) is 11.8 Å². The molecule has 0 aliphatic carbocycles. The first-order valence-electron chi connectivity index (χ1n) is 5.20. The summed E-state index contributed by atoms with van der Waals surface area (Å²) in [4.78, 5) is 11.6. The number of amides is 1. The van der Waals surface area contributed by atoms with Crippen molar-refractivity contribution in [3.05, 3.63) is 53.3 Å². The molecule has 0 saturated carbocycles. The molecule has 0 radical (unpaired) electrons. The predicted octanol–water partition coefficient (Wildman–Crippen LogP) is 2.08. The van der Waals surface area contributed by atoms with Crippen molar-refractivity contribution in [2.75, 3.05) is 0 Å². The van der Waals surface area contributed by atoms with Gasteiger partial charge in [-0.25, -0.2) is 0 Å². The predicted molar refractivity (Wildman–Crippen MR) is 65.8 cm³/mol. The minimum Gasteiger partial charge on any atom is -0.348 e. The van der Waals surface area contributed by atoms with E-state index < -0.39 is 0 Å². The number of hydrogen-bond acceptors (Lipinski definition) is 2. The number of hydrogen-bond donors (Lipinski definition) is 2. The van der Waals surface area contributed by atoms with Crippen molar-refractivity contribution in [1.29, 1.82) is 0 Å². The van der Waals surface area contributed by atoms with Gasteiger partial charge in [0.25, 0.3) is 5.91 Å². The van der Waals surface area contributed by atoms with Crippen LogP contribution in [0.1, 0.15) is 21.5 Å². The third-order valence-corrected chi connectivity index (χ3v) is 2.67. The standard InChI is InChI=1S/C12H12ClN3O/c13-5-9-2-1-3-10(4-9)6-14-12(17)11-7-15-16-8-11/h1-4,7-8H,5-6H2,(H,14,17)(H,15,16). The zero-order valence-corrected chi connectivity index (χ0v) is 9.87. The molecule has 0 unspecified atom stereocenters. The molecule has 0 aliphatic rings. The lowest BCUT2D eigenvalue weighted by atomic mass is 10.1. The van der Waals surface area contributed by atoms with Gasteiger partial charge in [-0.2, -0.15) is 5.10 Å². The van der Waals surface area contributed by atoms with Gasteiger partial charge >= 0.3 is 0 Å². The third-order valence-electron chi connectivity index (χ3n) is 2.36. The highest BCUT2D eigenvalue weighted by Crippen LogP contribution is 2.07. The molecule has 17 heavy (non-hydrogen) atoms. The Morgan fingerprint density at radius 2 is 2.24 bits per heavy atom. The van der Waals surface area contributed by atoms with Crippen molar-refractivity contribution in [1.82, 2.24) is 15.5 Å². The molecule has 0 aliphatic heterocycles. The highest BCUT2D eigenvalue weighted by Gasteiger charge is 2.05. The van der Waals surface area contributed by atoms with Gasteiger partial charge < -0.3 is 5.32 Å². The van der Waals surface area contributed by atoms with Gasteiger partial charge in [0.1, 0.15) is 0 Å². The molecule has 4 nitrogen and oxygen atoms in total. The fraction of sp³-hybridized carbons (Fsp3) is 0.167. The van der Waals surface area contributed by atoms with Crippen molar-refractivity contribution in [3.8, 4) is 0 Å². The second-order valence-corrected chi connectivity index (χ2v) is 3.89. The number of carbonyl (C=O) groups excluding carboxylic acids is 1. The highest BCUT2D eigenvalue weighted by atomic mass is 35.5. The summed E-state index contributed by atoms with van der Waals surface area (Å²) in [6.07, 6.45) is 3.05. The van der Waals surface area contributed by atoms with E-state index in [0.29, 0.717) is 18.0 Å². The molecule has 1 aromatic carbocycles. The van der Waals surface area contributed by atoms with Crippen LogP contribution in [-0.4, -0.2) is 16.1 Å². The molecule has 2 aromatic rings. The van der Waals surface area contributed by atoms with Crippen molar-refractivity contribution in [2.24, 2.45) is 0 Å². The van der Waals surface area contributed by atoms with Crippen LogP contribution >= 0.6 is 11.6 Å². The maximum absolute atomic E-state index is 11.6. The number of aromatic amines is 1. The van der Waals surface area contributed by atoms with Crippen LogP contribution in [0.2, 0.25) is 0 Å². The van der Waals surface area contributed by atoms with Crippen molar-refractivity contribution >= 4 is 17.5 Å². The summed E-state index contributed by atoms with van der Waals surface area (Å²) in [6.45, 7) is 0.481. The van der Waals surface area contributed by atoms with Crippen LogP contribution in [0.5, 0.6) is 0 Å². The number of nitrogens with one attached hydrogen (secondary N) is 2. The molecule has 2 N–H and O–H groups in total. The number of alkyl halides is 1. The Morgan fingerprint density at radius 1 is 1.41 bits per heavy atom. The van der Waals surface area contributed by atoms with Crippen LogP contribution in [-0.2, 0) is 12.4 Å².